The zero-order chi connectivity index (χ0) is 26.5. The van der Waals surface area contributed by atoms with Gasteiger partial charge in [-0.05, 0) is 87.3 Å². The first kappa shape index (κ1) is 22.6. The van der Waals surface area contributed by atoms with Crippen molar-refractivity contribution in [1.29, 1.82) is 0 Å². The first-order valence-corrected chi connectivity index (χ1v) is 13.6. The van der Waals surface area contributed by atoms with Crippen LogP contribution in [-0.4, -0.2) is 0 Å². The molecule has 0 N–H and O–H groups in total. The topological polar surface area (TPSA) is 16.4 Å². The van der Waals surface area contributed by atoms with Crippen molar-refractivity contribution in [3.05, 3.63) is 152 Å². The first-order valence-electron chi connectivity index (χ1n) is 13.6. The number of anilines is 3. The Morgan fingerprint density at radius 1 is 0.350 bits per heavy atom. The molecule has 2 nitrogen and oxygen atoms in total. The minimum atomic E-state index is 0.912. The van der Waals surface area contributed by atoms with Crippen molar-refractivity contribution >= 4 is 60.5 Å². The maximum atomic E-state index is 6.22. The zero-order valence-corrected chi connectivity index (χ0v) is 21.8. The Hall–Kier alpha value is -5.34. The monoisotopic (exact) mass is 511 g/mol. The molecule has 8 rings (SSSR count). The van der Waals surface area contributed by atoms with Gasteiger partial charge in [-0.3, -0.25) is 0 Å². The van der Waals surface area contributed by atoms with Crippen molar-refractivity contribution in [1.82, 2.24) is 0 Å². The Balaban J connectivity index is 1.29. The first-order chi connectivity index (χ1) is 19.8. The van der Waals surface area contributed by atoms with Crippen LogP contribution in [0, 0.1) is 0 Å². The Morgan fingerprint density at radius 2 is 0.950 bits per heavy atom. The van der Waals surface area contributed by atoms with E-state index < -0.39 is 0 Å². The van der Waals surface area contributed by atoms with E-state index in [0.717, 1.165) is 44.4 Å². The van der Waals surface area contributed by atoms with Crippen LogP contribution in [0.5, 0.6) is 0 Å². The van der Waals surface area contributed by atoms with Crippen LogP contribution >= 0.6 is 0 Å². The van der Waals surface area contributed by atoms with Gasteiger partial charge in [0.05, 0.1) is 0 Å². The quantitative estimate of drug-likeness (QED) is 0.234. The summed E-state index contributed by atoms with van der Waals surface area (Å²) >= 11 is 0. The summed E-state index contributed by atoms with van der Waals surface area (Å²) in [6.07, 6.45) is 0. The van der Waals surface area contributed by atoms with Gasteiger partial charge >= 0.3 is 0 Å². The second-order valence-corrected chi connectivity index (χ2v) is 10.3. The van der Waals surface area contributed by atoms with Gasteiger partial charge in [-0.2, -0.15) is 0 Å². The second-order valence-electron chi connectivity index (χ2n) is 10.3. The molecule has 0 fully saturated rings. The summed E-state index contributed by atoms with van der Waals surface area (Å²) in [5.41, 5.74) is 7.58. The lowest BCUT2D eigenvalue weighted by molar-refractivity contribution is 0.669. The number of furan rings is 1. The Kier molecular flexibility index (Phi) is 5.17. The molecule has 0 unspecified atom stereocenters. The van der Waals surface area contributed by atoms with Crippen molar-refractivity contribution in [3.63, 3.8) is 0 Å². The molecular formula is C38H25NO. The van der Waals surface area contributed by atoms with Crippen molar-refractivity contribution in [2.45, 2.75) is 0 Å². The van der Waals surface area contributed by atoms with E-state index in [1.165, 1.54) is 27.3 Å². The SMILES string of the molecule is c1ccc(-c2ccc(N(c3ccc4ccccc4c3)c3ccc4cc5c(cc4c3)oc3ccccc35)cc2)cc1. The summed E-state index contributed by atoms with van der Waals surface area (Å²) in [5, 5.41) is 7.10. The van der Waals surface area contributed by atoms with Crippen molar-refractivity contribution in [2.24, 2.45) is 0 Å². The normalized spacial score (nSPS) is 11.5. The number of rotatable bonds is 4. The van der Waals surface area contributed by atoms with E-state index in [-0.39, 0.29) is 0 Å². The van der Waals surface area contributed by atoms with E-state index in [1.807, 2.05) is 12.1 Å². The molecule has 0 spiro atoms. The van der Waals surface area contributed by atoms with Crippen molar-refractivity contribution < 1.29 is 4.42 Å². The number of hydrogen-bond donors (Lipinski definition) is 0. The van der Waals surface area contributed by atoms with E-state index in [4.69, 9.17) is 4.42 Å². The third-order valence-corrected chi connectivity index (χ3v) is 7.80. The van der Waals surface area contributed by atoms with Gasteiger partial charge in [0.25, 0.3) is 0 Å². The van der Waals surface area contributed by atoms with Gasteiger partial charge in [0.1, 0.15) is 11.2 Å². The lowest BCUT2D eigenvalue weighted by Gasteiger charge is -2.26. The van der Waals surface area contributed by atoms with Crippen LogP contribution < -0.4 is 4.90 Å². The van der Waals surface area contributed by atoms with Crippen LogP contribution in [0.2, 0.25) is 0 Å². The van der Waals surface area contributed by atoms with Gasteiger partial charge in [0, 0.05) is 27.8 Å². The lowest BCUT2D eigenvalue weighted by Crippen LogP contribution is -2.09. The molecule has 0 aliphatic carbocycles. The van der Waals surface area contributed by atoms with Gasteiger partial charge in [-0.15, -0.1) is 0 Å². The van der Waals surface area contributed by atoms with Gasteiger partial charge in [0.15, 0.2) is 0 Å². The molecule has 0 saturated heterocycles. The third kappa shape index (κ3) is 3.81. The van der Waals surface area contributed by atoms with E-state index in [1.54, 1.807) is 0 Å². The van der Waals surface area contributed by atoms with Crippen LogP contribution in [-0.2, 0) is 0 Å². The third-order valence-electron chi connectivity index (χ3n) is 7.80. The summed E-state index contributed by atoms with van der Waals surface area (Å²) in [6.45, 7) is 0. The highest BCUT2D eigenvalue weighted by Gasteiger charge is 2.15. The number of benzene rings is 7. The molecule has 0 atom stereocenters. The molecule has 2 heteroatoms. The predicted octanol–water partition coefficient (Wildman–Crippen LogP) is 11.0. The average Bonchev–Trinajstić information content (AvgIpc) is 3.38. The highest BCUT2D eigenvalue weighted by Crippen LogP contribution is 2.39. The Labute approximate surface area is 232 Å². The largest absolute Gasteiger partial charge is 0.456 e. The molecular weight excluding hydrogens is 486 g/mol. The molecule has 7 aromatic carbocycles. The van der Waals surface area contributed by atoms with Gasteiger partial charge in [-0.25, -0.2) is 0 Å². The summed E-state index contributed by atoms with van der Waals surface area (Å²) in [5.74, 6) is 0. The molecule has 8 aromatic rings. The fourth-order valence-electron chi connectivity index (χ4n) is 5.79. The molecule has 0 aliphatic rings. The van der Waals surface area contributed by atoms with E-state index in [2.05, 4.69) is 144 Å². The molecule has 188 valence electrons. The highest BCUT2D eigenvalue weighted by molar-refractivity contribution is 6.10. The van der Waals surface area contributed by atoms with E-state index in [9.17, 15) is 0 Å². The molecule has 40 heavy (non-hydrogen) atoms. The summed E-state index contributed by atoms with van der Waals surface area (Å²) in [4.78, 5) is 2.34. The zero-order valence-electron chi connectivity index (χ0n) is 21.8. The Bertz CT molecular complexity index is 2160. The smallest absolute Gasteiger partial charge is 0.136 e. The summed E-state index contributed by atoms with van der Waals surface area (Å²) < 4.78 is 6.22. The highest BCUT2D eigenvalue weighted by atomic mass is 16.3. The molecule has 0 aliphatic heterocycles. The minimum absolute atomic E-state index is 0.912. The van der Waals surface area contributed by atoms with Crippen molar-refractivity contribution in [2.75, 3.05) is 4.90 Å². The molecule has 0 bridgehead atoms. The lowest BCUT2D eigenvalue weighted by atomic mass is 10.0. The van der Waals surface area contributed by atoms with Crippen LogP contribution in [0.3, 0.4) is 0 Å². The molecule has 1 heterocycles. The molecule has 0 amide bonds. The fraction of sp³-hybridized carbons (Fsp3) is 0. The maximum absolute atomic E-state index is 6.22. The van der Waals surface area contributed by atoms with Gasteiger partial charge < -0.3 is 9.32 Å². The van der Waals surface area contributed by atoms with Crippen LogP contribution in [0.25, 0.3) is 54.6 Å². The maximum Gasteiger partial charge on any atom is 0.136 e. The summed E-state index contributed by atoms with van der Waals surface area (Å²) in [6, 6.07) is 53.9. The number of fused-ring (bicyclic) bond motifs is 5. The van der Waals surface area contributed by atoms with Gasteiger partial charge in [-0.1, -0.05) is 97.1 Å². The van der Waals surface area contributed by atoms with E-state index >= 15 is 0 Å². The summed E-state index contributed by atoms with van der Waals surface area (Å²) in [7, 11) is 0. The second kappa shape index (κ2) is 9.14. The van der Waals surface area contributed by atoms with Crippen LogP contribution in [0.4, 0.5) is 17.1 Å². The standard InChI is InChI=1S/C38H25NO/c1-2-8-26(9-3-1)28-14-18-32(19-15-28)39(33-20-16-27-10-4-5-11-29(27)22-33)34-21-17-30-24-36-35-12-6-7-13-37(35)40-38(36)25-31(30)23-34/h1-25H. The predicted molar refractivity (Wildman–Crippen MR) is 169 cm³/mol. The minimum Gasteiger partial charge on any atom is -0.456 e. The van der Waals surface area contributed by atoms with Crippen molar-refractivity contribution in [3.8, 4) is 11.1 Å². The number of para-hydroxylation sites is 1. The Morgan fingerprint density at radius 3 is 1.77 bits per heavy atom. The van der Waals surface area contributed by atoms with Crippen LogP contribution in [0.1, 0.15) is 0 Å². The van der Waals surface area contributed by atoms with Crippen LogP contribution in [0.15, 0.2) is 156 Å². The average molecular weight is 512 g/mol. The number of nitrogens with zero attached hydrogens (tertiary/aromatic N) is 1. The molecule has 1 aromatic heterocycles. The molecule has 0 radical (unpaired) electrons. The van der Waals surface area contributed by atoms with E-state index in [0.29, 0.717) is 0 Å². The number of hydrogen-bond acceptors (Lipinski definition) is 2. The molecule has 0 saturated carbocycles. The van der Waals surface area contributed by atoms with Gasteiger partial charge in [0.2, 0.25) is 0 Å². The fourth-order valence-corrected chi connectivity index (χ4v) is 5.79.